The molecule has 21 heavy (non-hydrogen) atoms. The molecule has 1 N–H and O–H groups in total. The number of likely N-dealkylation sites (tertiary alicyclic amines) is 1. The number of hydrogen-bond donors (Lipinski definition) is 1. The van der Waals surface area contributed by atoms with Gasteiger partial charge < -0.3 is 14.7 Å². The maximum Gasteiger partial charge on any atom is 0.266 e. The number of thiazole rings is 1. The molecule has 1 fully saturated rings. The Morgan fingerprint density at radius 1 is 1.57 bits per heavy atom. The first-order chi connectivity index (χ1) is 9.75. The van der Waals surface area contributed by atoms with Crippen molar-refractivity contribution in [1.29, 1.82) is 0 Å². The van der Waals surface area contributed by atoms with E-state index in [1.165, 1.54) is 11.3 Å². The van der Waals surface area contributed by atoms with Crippen LogP contribution in [0.1, 0.15) is 60.1 Å². The number of ether oxygens (including phenoxy) is 1. The van der Waals surface area contributed by atoms with E-state index in [1.54, 1.807) is 25.9 Å². The van der Waals surface area contributed by atoms with Crippen LogP contribution in [0.25, 0.3) is 0 Å². The molecule has 2 atom stereocenters. The highest BCUT2D eigenvalue weighted by Gasteiger charge is 2.39. The van der Waals surface area contributed by atoms with E-state index in [0.717, 1.165) is 23.5 Å². The Morgan fingerprint density at radius 2 is 2.24 bits per heavy atom. The molecule has 2 rings (SSSR count). The fourth-order valence-corrected chi connectivity index (χ4v) is 3.82. The van der Waals surface area contributed by atoms with Crippen molar-refractivity contribution in [2.45, 2.75) is 58.3 Å². The van der Waals surface area contributed by atoms with E-state index in [9.17, 15) is 9.90 Å². The maximum atomic E-state index is 12.8. The van der Waals surface area contributed by atoms with Crippen LogP contribution in [0.2, 0.25) is 0 Å². The van der Waals surface area contributed by atoms with Gasteiger partial charge in [-0.2, -0.15) is 0 Å². The number of amides is 1. The molecule has 1 aliphatic rings. The first-order valence-corrected chi connectivity index (χ1v) is 8.10. The van der Waals surface area contributed by atoms with E-state index in [2.05, 4.69) is 4.98 Å². The second kappa shape index (κ2) is 6.02. The van der Waals surface area contributed by atoms with Gasteiger partial charge in [-0.05, 0) is 40.5 Å². The highest BCUT2D eigenvalue weighted by atomic mass is 32.1. The lowest BCUT2D eigenvalue weighted by molar-refractivity contribution is 0.000478. The van der Waals surface area contributed by atoms with E-state index in [-0.39, 0.29) is 18.1 Å². The van der Waals surface area contributed by atoms with Crippen LogP contribution >= 0.6 is 11.3 Å². The number of rotatable bonds is 4. The van der Waals surface area contributed by atoms with Gasteiger partial charge in [-0.3, -0.25) is 4.79 Å². The Hall–Kier alpha value is -0.980. The Bertz CT molecular complexity index is 521. The van der Waals surface area contributed by atoms with Crippen LogP contribution in [-0.4, -0.2) is 46.2 Å². The summed E-state index contributed by atoms with van der Waals surface area (Å²) in [5.74, 6) is -0.0239. The van der Waals surface area contributed by atoms with Crippen LogP contribution in [0.3, 0.4) is 0 Å². The summed E-state index contributed by atoms with van der Waals surface area (Å²) in [6, 6.07) is -0.130. The zero-order chi connectivity index (χ0) is 15.8. The molecule has 5 nitrogen and oxygen atoms in total. The largest absolute Gasteiger partial charge is 0.388 e. The third-order valence-corrected chi connectivity index (χ3v) is 5.34. The van der Waals surface area contributed by atoms with Gasteiger partial charge in [0.1, 0.15) is 16.0 Å². The number of methoxy groups -OCH3 is 1. The molecule has 0 aliphatic carbocycles. The molecular weight excluding hydrogens is 288 g/mol. The predicted molar refractivity (Wildman–Crippen MR) is 82.6 cm³/mol. The quantitative estimate of drug-likeness (QED) is 0.928. The monoisotopic (exact) mass is 312 g/mol. The first kappa shape index (κ1) is 16.4. The number of carbonyl (C=O) groups excluding carboxylic acids is 1. The van der Waals surface area contributed by atoms with E-state index in [0.29, 0.717) is 11.4 Å². The van der Waals surface area contributed by atoms with Gasteiger partial charge in [-0.25, -0.2) is 4.98 Å². The second-order valence-corrected chi connectivity index (χ2v) is 7.19. The van der Waals surface area contributed by atoms with Crippen LogP contribution in [0.15, 0.2) is 0 Å². The van der Waals surface area contributed by atoms with E-state index in [4.69, 9.17) is 4.74 Å². The third-order valence-electron chi connectivity index (χ3n) is 4.04. The van der Waals surface area contributed by atoms with E-state index < -0.39 is 5.60 Å². The van der Waals surface area contributed by atoms with Crippen molar-refractivity contribution < 1.29 is 14.6 Å². The second-order valence-electron chi connectivity index (χ2n) is 6.15. The SMILES string of the molecule is COC(C)c1nc(C)c(C(=O)N2CCCC2C(C)(C)O)s1. The molecule has 1 aromatic rings. The van der Waals surface area contributed by atoms with Gasteiger partial charge in [0, 0.05) is 13.7 Å². The summed E-state index contributed by atoms with van der Waals surface area (Å²) in [5, 5.41) is 11.1. The standard InChI is InChI=1S/C15H24N2O3S/c1-9-12(21-13(16-9)10(2)20-5)14(18)17-8-6-7-11(17)15(3,4)19/h10-11,19H,6-8H2,1-5H3. The zero-order valence-electron chi connectivity index (χ0n) is 13.3. The maximum absolute atomic E-state index is 12.8. The van der Waals surface area contributed by atoms with E-state index >= 15 is 0 Å². The molecule has 1 aromatic heterocycles. The first-order valence-electron chi connectivity index (χ1n) is 7.29. The smallest absolute Gasteiger partial charge is 0.266 e. The number of aromatic nitrogens is 1. The minimum absolute atomic E-state index is 0.0239. The number of aliphatic hydroxyl groups is 1. The van der Waals surface area contributed by atoms with Gasteiger partial charge in [0.15, 0.2) is 0 Å². The van der Waals surface area contributed by atoms with Gasteiger partial charge >= 0.3 is 0 Å². The Labute approximate surface area is 129 Å². The lowest BCUT2D eigenvalue weighted by Gasteiger charge is -2.33. The highest BCUT2D eigenvalue weighted by molar-refractivity contribution is 7.13. The summed E-state index contributed by atoms with van der Waals surface area (Å²) >= 11 is 1.39. The molecule has 0 spiro atoms. The summed E-state index contributed by atoms with van der Waals surface area (Å²) in [7, 11) is 1.63. The highest BCUT2D eigenvalue weighted by Crippen LogP contribution is 2.32. The molecule has 2 heterocycles. The molecule has 1 aliphatic heterocycles. The molecule has 0 bridgehead atoms. The van der Waals surface area contributed by atoms with Crippen molar-refractivity contribution in [1.82, 2.24) is 9.88 Å². The fourth-order valence-electron chi connectivity index (χ4n) is 2.77. The van der Waals surface area contributed by atoms with Gasteiger partial charge in [-0.1, -0.05) is 0 Å². The molecule has 118 valence electrons. The van der Waals surface area contributed by atoms with Gasteiger partial charge in [0.05, 0.1) is 17.3 Å². The fraction of sp³-hybridized carbons (Fsp3) is 0.733. The van der Waals surface area contributed by atoms with Crippen LogP contribution in [0, 0.1) is 6.92 Å². The van der Waals surface area contributed by atoms with Crippen LogP contribution in [-0.2, 0) is 4.74 Å². The Morgan fingerprint density at radius 3 is 2.81 bits per heavy atom. The molecule has 1 amide bonds. The molecular formula is C15H24N2O3S. The summed E-state index contributed by atoms with van der Waals surface area (Å²) in [6.07, 6.45) is 1.66. The van der Waals surface area contributed by atoms with Gasteiger partial charge in [0.2, 0.25) is 0 Å². The molecule has 0 radical (unpaired) electrons. The molecule has 0 saturated carbocycles. The van der Waals surface area contributed by atoms with Crippen LogP contribution in [0.5, 0.6) is 0 Å². The summed E-state index contributed by atoms with van der Waals surface area (Å²) < 4.78 is 5.27. The van der Waals surface area contributed by atoms with Crippen molar-refractivity contribution in [2.75, 3.05) is 13.7 Å². The number of carbonyl (C=O) groups is 1. The van der Waals surface area contributed by atoms with Crippen molar-refractivity contribution in [3.05, 3.63) is 15.6 Å². The third kappa shape index (κ3) is 3.27. The topological polar surface area (TPSA) is 62.7 Å². The van der Waals surface area contributed by atoms with Gasteiger partial charge in [-0.15, -0.1) is 11.3 Å². The summed E-state index contributed by atoms with van der Waals surface area (Å²) in [5.41, 5.74) is -0.141. The average molecular weight is 312 g/mol. The van der Waals surface area contributed by atoms with Crippen molar-refractivity contribution in [2.24, 2.45) is 0 Å². The summed E-state index contributed by atoms with van der Waals surface area (Å²) in [4.78, 5) is 19.7. The minimum atomic E-state index is -0.882. The molecule has 0 aromatic carbocycles. The van der Waals surface area contributed by atoms with Crippen molar-refractivity contribution in [3.63, 3.8) is 0 Å². The molecule has 2 unspecified atom stereocenters. The minimum Gasteiger partial charge on any atom is -0.388 e. The Kier molecular flexibility index (Phi) is 4.70. The van der Waals surface area contributed by atoms with Crippen molar-refractivity contribution in [3.8, 4) is 0 Å². The average Bonchev–Trinajstić information content (AvgIpc) is 3.02. The number of aryl methyl sites for hydroxylation is 1. The van der Waals surface area contributed by atoms with Gasteiger partial charge in [0.25, 0.3) is 5.91 Å². The normalized spacial score (nSPS) is 20.9. The molecule has 6 heteroatoms. The lowest BCUT2D eigenvalue weighted by atomic mass is 9.96. The van der Waals surface area contributed by atoms with Crippen molar-refractivity contribution >= 4 is 17.2 Å². The number of hydrogen-bond acceptors (Lipinski definition) is 5. The Balaban J connectivity index is 2.26. The zero-order valence-corrected chi connectivity index (χ0v) is 14.2. The summed E-state index contributed by atoms with van der Waals surface area (Å²) in [6.45, 7) is 8.00. The number of nitrogens with zero attached hydrogens (tertiary/aromatic N) is 2. The van der Waals surface area contributed by atoms with Crippen LogP contribution < -0.4 is 0 Å². The van der Waals surface area contributed by atoms with E-state index in [1.807, 2.05) is 13.8 Å². The molecule has 1 saturated heterocycles. The lowest BCUT2D eigenvalue weighted by Crippen LogP contribution is -2.48. The predicted octanol–water partition coefficient (Wildman–Crippen LogP) is 2.53. The van der Waals surface area contributed by atoms with Crippen LogP contribution in [0.4, 0.5) is 0 Å².